The summed E-state index contributed by atoms with van der Waals surface area (Å²) >= 11 is 3.36. The number of ether oxygens (including phenoxy) is 2. The Bertz CT molecular complexity index is 656. The van der Waals surface area contributed by atoms with Crippen molar-refractivity contribution in [3.05, 3.63) is 53.0 Å². The van der Waals surface area contributed by atoms with Gasteiger partial charge in [-0.2, -0.15) is 0 Å². The molecular weight excluding hydrogens is 394 g/mol. The first-order chi connectivity index (χ1) is 12.7. The number of benzene rings is 2. The smallest absolute Gasteiger partial charge is 0.262 e. The lowest BCUT2D eigenvalue weighted by atomic mass is 10.2. The Labute approximate surface area is 164 Å². The maximum atomic E-state index is 12.0. The number of halogens is 1. The zero-order chi connectivity index (χ0) is 18.6. The van der Waals surface area contributed by atoms with Crippen LogP contribution in [0.5, 0.6) is 11.5 Å². The van der Waals surface area contributed by atoms with Gasteiger partial charge in [0.05, 0.1) is 6.61 Å². The molecule has 5 heteroatoms. The first-order valence-corrected chi connectivity index (χ1v) is 9.88. The van der Waals surface area contributed by atoms with E-state index in [2.05, 4.69) is 28.2 Å². The Morgan fingerprint density at radius 2 is 1.50 bits per heavy atom. The maximum absolute atomic E-state index is 12.0. The van der Waals surface area contributed by atoms with Gasteiger partial charge in [-0.25, -0.2) is 0 Å². The highest BCUT2D eigenvalue weighted by Gasteiger charge is 2.04. The zero-order valence-electron chi connectivity index (χ0n) is 15.2. The highest BCUT2D eigenvalue weighted by molar-refractivity contribution is 9.10. The second-order valence-electron chi connectivity index (χ2n) is 6.08. The molecular formula is C21H26BrNO3. The monoisotopic (exact) mass is 419 g/mol. The summed E-state index contributed by atoms with van der Waals surface area (Å²) in [5, 5.41) is 2.81. The molecule has 4 nitrogen and oxygen atoms in total. The van der Waals surface area contributed by atoms with Gasteiger partial charge in [0.1, 0.15) is 11.5 Å². The van der Waals surface area contributed by atoms with Crippen LogP contribution in [-0.2, 0) is 4.79 Å². The van der Waals surface area contributed by atoms with Crippen LogP contribution in [0.4, 0.5) is 5.69 Å². The number of nitrogens with one attached hydrogen (secondary N) is 1. The van der Waals surface area contributed by atoms with Crippen molar-refractivity contribution >= 4 is 27.5 Å². The van der Waals surface area contributed by atoms with E-state index in [-0.39, 0.29) is 12.5 Å². The average molecular weight is 420 g/mol. The molecule has 140 valence electrons. The minimum absolute atomic E-state index is 0.0301. The highest BCUT2D eigenvalue weighted by Crippen LogP contribution is 2.18. The third kappa shape index (κ3) is 7.91. The van der Waals surface area contributed by atoms with E-state index in [9.17, 15) is 4.79 Å². The summed E-state index contributed by atoms with van der Waals surface area (Å²) in [6.45, 7) is 2.91. The molecule has 0 saturated carbocycles. The number of carbonyl (C=O) groups excluding carboxylic acids is 1. The van der Waals surface area contributed by atoms with Gasteiger partial charge in [0.2, 0.25) is 0 Å². The normalized spacial score (nSPS) is 10.4. The van der Waals surface area contributed by atoms with E-state index in [0.29, 0.717) is 5.75 Å². The minimum Gasteiger partial charge on any atom is -0.494 e. The molecule has 0 fully saturated rings. The van der Waals surface area contributed by atoms with Crippen LogP contribution in [-0.4, -0.2) is 19.1 Å². The zero-order valence-corrected chi connectivity index (χ0v) is 16.8. The summed E-state index contributed by atoms with van der Waals surface area (Å²) in [5.74, 6) is 1.29. The van der Waals surface area contributed by atoms with Crippen LogP contribution in [0, 0.1) is 0 Å². The molecule has 2 rings (SSSR count). The second kappa shape index (κ2) is 11.6. The van der Waals surface area contributed by atoms with Gasteiger partial charge in [0.15, 0.2) is 6.61 Å². The Balaban J connectivity index is 1.67. The van der Waals surface area contributed by atoms with Crippen LogP contribution in [0.2, 0.25) is 0 Å². The fraction of sp³-hybridized carbons (Fsp3) is 0.381. The molecule has 0 aliphatic rings. The molecule has 0 unspecified atom stereocenters. The molecule has 0 aromatic heterocycles. The quantitative estimate of drug-likeness (QED) is 0.467. The van der Waals surface area contributed by atoms with Gasteiger partial charge < -0.3 is 14.8 Å². The summed E-state index contributed by atoms with van der Waals surface area (Å²) in [6, 6.07) is 14.8. The van der Waals surface area contributed by atoms with Gasteiger partial charge in [-0.3, -0.25) is 4.79 Å². The number of hydrogen-bond donors (Lipinski definition) is 1. The Morgan fingerprint density at radius 1 is 0.885 bits per heavy atom. The molecule has 0 radical (unpaired) electrons. The number of unbranched alkanes of at least 4 members (excludes halogenated alkanes) is 4. The Kier molecular flexibility index (Phi) is 9.04. The van der Waals surface area contributed by atoms with Crippen LogP contribution in [0.3, 0.4) is 0 Å². The third-order valence-corrected chi connectivity index (χ3v) is 4.37. The number of hydrogen-bond acceptors (Lipinski definition) is 3. The first-order valence-electron chi connectivity index (χ1n) is 9.08. The van der Waals surface area contributed by atoms with Crippen LogP contribution in [0.25, 0.3) is 0 Å². The summed E-state index contributed by atoms with van der Waals surface area (Å²) in [7, 11) is 0. The van der Waals surface area contributed by atoms with Gasteiger partial charge >= 0.3 is 0 Å². The molecule has 0 spiro atoms. The molecule has 0 atom stereocenters. The summed E-state index contributed by atoms with van der Waals surface area (Å²) < 4.78 is 12.1. The van der Waals surface area contributed by atoms with E-state index in [1.165, 1.54) is 25.7 Å². The van der Waals surface area contributed by atoms with Crippen molar-refractivity contribution in [3.8, 4) is 11.5 Å². The van der Waals surface area contributed by atoms with E-state index in [0.717, 1.165) is 28.9 Å². The van der Waals surface area contributed by atoms with Crippen molar-refractivity contribution in [1.29, 1.82) is 0 Å². The molecule has 26 heavy (non-hydrogen) atoms. The van der Waals surface area contributed by atoms with Crippen LogP contribution < -0.4 is 14.8 Å². The first kappa shape index (κ1) is 20.3. The Hall–Kier alpha value is -2.01. The van der Waals surface area contributed by atoms with Crippen molar-refractivity contribution in [2.75, 3.05) is 18.5 Å². The lowest BCUT2D eigenvalue weighted by Crippen LogP contribution is -2.20. The van der Waals surface area contributed by atoms with Gasteiger partial charge in [0, 0.05) is 10.2 Å². The lowest BCUT2D eigenvalue weighted by Gasteiger charge is -2.09. The summed E-state index contributed by atoms with van der Waals surface area (Å²) in [6.07, 6.45) is 6.10. The SMILES string of the molecule is CCCCCCCOc1ccc(NC(=O)COc2ccc(Br)cc2)cc1. The van der Waals surface area contributed by atoms with E-state index in [1.54, 1.807) is 0 Å². The third-order valence-electron chi connectivity index (χ3n) is 3.84. The molecule has 0 aliphatic heterocycles. The van der Waals surface area contributed by atoms with Crippen molar-refractivity contribution in [2.24, 2.45) is 0 Å². The van der Waals surface area contributed by atoms with Crippen molar-refractivity contribution in [1.82, 2.24) is 0 Å². The standard InChI is InChI=1S/C21H26BrNO3/c1-2-3-4-5-6-15-25-19-13-9-18(10-14-19)23-21(24)16-26-20-11-7-17(22)8-12-20/h7-14H,2-6,15-16H2,1H3,(H,23,24). The van der Waals surface area contributed by atoms with Crippen LogP contribution >= 0.6 is 15.9 Å². The van der Waals surface area contributed by atoms with E-state index >= 15 is 0 Å². The molecule has 0 bridgehead atoms. The van der Waals surface area contributed by atoms with Gasteiger partial charge in [-0.05, 0) is 55.0 Å². The van der Waals surface area contributed by atoms with Gasteiger partial charge in [-0.15, -0.1) is 0 Å². The molecule has 2 aromatic rings. The fourth-order valence-electron chi connectivity index (χ4n) is 2.41. The van der Waals surface area contributed by atoms with E-state index in [1.807, 2.05) is 48.5 Å². The average Bonchev–Trinajstić information content (AvgIpc) is 2.65. The van der Waals surface area contributed by atoms with Crippen LogP contribution in [0.1, 0.15) is 39.0 Å². The summed E-state index contributed by atoms with van der Waals surface area (Å²) in [5.41, 5.74) is 0.727. The lowest BCUT2D eigenvalue weighted by molar-refractivity contribution is -0.118. The number of rotatable bonds is 11. The molecule has 0 heterocycles. The predicted octanol–water partition coefficient (Wildman–Crippen LogP) is 5.82. The second-order valence-corrected chi connectivity index (χ2v) is 6.99. The fourth-order valence-corrected chi connectivity index (χ4v) is 2.67. The largest absolute Gasteiger partial charge is 0.494 e. The number of carbonyl (C=O) groups is 1. The highest BCUT2D eigenvalue weighted by atomic mass is 79.9. The van der Waals surface area contributed by atoms with Crippen molar-refractivity contribution in [3.63, 3.8) is 0 Å². The maximum Gasteiger partial charge on any atom is 0.262 e. The molecule has 1 N–H and O–H groups in total. The molecule has 2 aromatic carbocycles. The van der Waals surface area contributed by atoms with E-state index in [4.69, 9.17) is 9.47 Å². The van der Waals surface area contributed by atoms with Crippen LogP contribution in [0.15, 0.2) is 53.0 Å². The van der Waals surface area contributed by atoms with Crippen molar-refractivity contribution < 1.29 is 14.3 Å². The van der Waals surface area contributed by atoms with Gasteiger partial charge in [0.25, 0.3) is 5.91 Å². The van der Waals surface area contributed by atoms with Gasteiger partial charge in [-0.1, -0.05) is 48.5 Å². The topological polar surface area (TPSA) is 47.6 Å². The summed E-state index contributed by atoms with van der Waals surface area (Å²) in [4.78, 5) is 12.0. The molecule has 0 saturated heterocycles. The van der Waals surface area contributed by atoms with E-state index < -0.39 is 0 Å². The minimum atomic E-state index is -0.197. The van der Waals surface area contributed by atoms with Crippen molar-refractivity contribution in [2.45, 2.75) is 39.0 Å². The number of anilines is 1. The Morgan fingerprint density at radius 3 is 2.19 bits per heavy atom. The number of amides is 1. The molecule has 1 amide bonds. The molecule has 0 aliphatic carbocycles. The predicted molar refractivity (Wildman–Crippen MR) is 109 cm³/mol.